The summed E-state index contributed by atoms with van der Waals surface area (Å²) < 4.78 is 7.25. The van der Waals surface area contributed by atoms with E-state index in [1.807, 2.05) is 12.3 Å². The summed E-state index contributed by atoms with van der Waals surface area (Å²) in [7, 11) is 0. The summed E-state index contributed by atoms with van der Waals surface area (Å²) in [5.41, 5.74) is 1.77. The van der Waals surface area contributed by atoms with Crippen LogP contribution in [0.5, 0.6) is 0 Å². The fraction of sp³-hybridized carbons (Fsp3) is 0.467. The Balaban J connectivity index is 1.77. The highest BCUT2D eigenvalue weighted by molar-refractivity contribution is 6.42. The van der Waals surface area contributed by atoms with Crippen molar-refractivity contribution < 1.29 is 4.74 Å². The average molecular weight is 341 g/mol. The number of morpholine rings is 1. The second kappa shape index (κ2) is 6.16. The fourth-order valence-corrected chi connectivity index (χ4v) is 2.80. The summed E-state index contributed by atoms with van der Waals surface area (Å²) in [5.74, 6) is 0. The van der Waals surface area contributed by atoms with Crippen LogP contribution in [0.2, 0.25) is 10.0 Å². The molecule has 1 aliphatic heterocycles. The molecule has 0 radical (unpaired) electrons. The topological polar surface area (TPSA) is 43.2 Å². The Bertz CT molecular complexity index is 671. The minimum atomic E-state index is 0.00557. The quantitative estimate of drug-likeness (QED) is 0.860. The Morgan fingerprint density at radius 1 is 1.27 bits per heavy atom. The second-order valence-electron chi connectivity index (χ2n) is 6.04. The number of hydrogen-bond donors (Lipinski definition) is 0. The van der Waals surface area contributed by atoms with Gasteiger partial charge in [-0.3, -0.25) is 4.90 Å². The van der Waals surface area contributed by atoms with Gasteiger partial charge in [-0.2, -0.15) is 0 Å². The van der Waals surface area contributed by atoms with E-state index in [0.717, 1.165) is 37.7 Å². The number of ether oxygens (including phenoxy) is 1. The molecule has 1 aromatic carbocycles. The molecule has 2 aromatic rings. The average Bonchev–Trinajstić information content (AvgIpc) is 2.93. The summed E-state index contributed by atoms with van der Waals surface area (Å²) in [4.78, 5) is 2.36. The van der Waals surface area contributed by atoms with E-state index in [9.17, 15) is 0 Å². The molecule has 0 saturated carbocycles. The van der Waals surface area contributed by atoms with Crippen molar-refractivity contribution in [3.63, 3.8) is 0 Å². The first-order valence-electron chi connectivity index (χ1n) is 7.15. The number of nitrogens with zero attached hydrogens (tertiary/aromatic N) is 4. The van der Waals surface area contributed by atoms with Crippen LogP contribution in [0, 0.1) is 0 Å². The van der Waals surface area contributed by atoms with Gasteiger partial charge in [0.2, 0.25) is 0 Å². The van der Waals surface area contributed by atoms with Crippen LogP contribution in [-0.2, 0) is 11.3 Å². The molecule has 0 N–H and O–H groups in total. The molecule has 0 aliphatic carbocycles. The Kier molecular flexibility index (Phi) is 4.41. The number of hydrogen-bond acceptors (Lipinski definition) is 4. The maximum atomic E-state index is 6.05. The third-order valence-electron chi connectivity index (χ3n) is 3.88. The van der Waals surface area contributed by atoms with Gasteiger partial charge in [-0.25, -0.2) is 4.68 Å². The van der Waals surface area contributed by atoms with Gasteiger partial charge in [0.05, 0.1) is 40.8 Å². The molecule has 118 valence electrons. The Morgan fingerprint density at radius 2 is 2.09 bits per heavy atom. The van der Waals surface area contributed by atoms with Gasteiger partial charge in [-0.1, -0.05) is 28.4 Å². The molecule has 5 nitrogen and oxygen atoms in total. The lowest BCUT2D eigenvalue weighted by Crippen LogP contribution is -2.52. The first kappa shape index (κ1) is 15.7. The van der Waals surface area contributed by atoms with E-state index in [0.29, 0.717) is 10.0 Å². The molecular formula is C15H18Cl2N4O. The van der Waals surface area contributed by atoms with Crippen molar-refractivity contribution in [1.29, 1.82) is 0 Å². The predicted octanol–water partition coefficient (Wildman–Crippen LogP) is 3.18. The summed E-state index contributed by atoms with van der Waals surface area (Å²) in [6.07, 6.45) is 1.92. The van der Waals surface area contributed by atoms with Crippen molar-refractivity contribution >= 4 is 23.2 Å². The SMILES string of the molecule is CC1(C)COCCN1Cc1cn(-c2ccc(Cl)c(Cl)c2)nn1. The molecule has 0 bridgehead atoms. The van der Waals surface area contributed by atoms with E-state index in [-0.39, 0.29) is 5.54 Å². The minimum Gasteiger partial charge on any atom is -0.378 e. The summed E-state index contributed by atoms with van der Waals surface area (Å²) >= 11 is 12.0. The van der Waals surface area contributed by atoms with E-state index in [1.165, 1.54) is 0 Å². The molecular weight excluding hydrogens is 323 g/mol. The van der Waals surface area contributed by atoms with Crippen molar-refractivity contribution in [2.24, 2.45) is 0 Å². The van der Waals surface area contributed by atoms with Crippen LogP contribution < -0.4 is 0 Å². The van der Waals surface area contributed by atoms with Crippen molar-refractivity contribution in [1.82, 2.24) is 19.9 Å². The molecule has 2 heterocycles. The van der Waals surface area contributed by atoms with Gasteiger partial charge in [0.1, 0.15) is 0 Å². The number of benzene rings is 1. The standard InChI is InChI=1S/C15H18Cl2N4O/c1-15(2)10-22-6-5-20(15)8-11-9-21(19-18-11)12-3-4-13(16)14(17)7-12/h3-4,7,9H,5-6,8,10H2,1-2H3. The van der Waals surface area contributed by atoms with Crippen molar-refractivity contribution in [3.05, 3.63) is 40.1 Å². The molecule has 3 rings (SSSR count). The molecule has 1 aliphatic rings. The molecule has 1 saturated heterocycles. The summed E-state index contributed by atoms with van der Waals surface area (Å²) in [6, 6.07) is 5.40. The van der Waals surface area contributed by atoms with Crippen molar-refractivity contribution in [2.75, 3.05) is 19.8 Å². The Hall–Kier alpha value is -1.14. The summed E-state index contributed by atoms with van der Waals surface area (Å²) in [6.45, 7) is 7.48. The van der Waals surface area contributed by atoms with E-state index in [2.05, 4.69) is 29.1 Å². The fourth-order valence-electron chi connectivity index (χ4n) is 2.50. The van der Waals surface area contributed by atoms with Crippen LogP contribution in [0.4, 0.5) is 0 Å². The van der Waals surface area contributed by atoms with Gasteiger partial charge in [-0.05, 0) is 32.0 Å². The lowest BCUT2D eigenvalue weighted by atomic mass is 10.0. The van der Waals surface area contributed by atoms with Crippen LogP contribution in [0.15, 0.2) is 24.4 Å². The molecule has 0 amide bonds. The third-order valence-corrected chi connectivity index (χ3v) is 4.62. The van der Waals surface area contributed by atoms with Crippen LogP contribution >= 0.6 is 23.2 Å². The zero-order valence-corrected chi connectivity index (χ0v) is 14.1. The lowest BCUT2D eigenvalue weighted by Gasteiger charge is -2.41. The van der Waals surface area contributed by atoms with Crippen LogP contribution in [0.25, 0.3) is 5.69 Å². The minimum absolute atomic E-state index is 0.00557. The normalized spacial score (nSPS) is 18.5. The van der Waals surface area contributed by atoms with Gasteiger partial charge in [0.15, 0.2) is 0 Å². The zero-order valence-electron chi connectivity index (χ0n) is 12.6. The van der Waals surface area contributed by atoms with Crippen LogP contribution in [0.3, 0.4) is 0 Å². The van der Waals surface area contributed by atoms with Gasteiger partial charge >= 0.3 is 0 Å². The van der Waals surface area contributed by atoms with Crippen molar-refractivity contribution in [2.45, 2.75) is 25.9 Å². The summed E-state index contributed by atoms with van der Waals surface area (Å²) in [5, 5.41) is 9.47. The highest BCUT2D eigenvalue weighted by atomic mass is 35.5. The number of halogens is 2. The highest BCUT2D eigenvalue weighted by Gasteiger charge is 2.30. The first-order valence-corrected chi connectivity index (χ1v) is 7.91. The maximum absolute atomic E-state index is 6.05. The first-order chi connectivity index (χ1) is 10.5. The largest absolute Gasteiger partial charge is 0.378 e. The molecule has 7 heteroatoms. The van der Waals surface area contributed by atoms with Crippen LogP contribution in [-0.4, -0.2) is 45.2 Å². The van der Waals surface area contributed by atoms with Gasteiger partial charge in [-0.15, -0.1) is 5.10 Å². The van der Waals surface area contributed by atoms with E-state index >= 15 is 0 Å². The zero-order chi connectivity index (χ0) is 15.7. The molecule has 22 heavy (non-hydrogen) atoms. The molecule has 0 atom stereocenters. The Labute approximate surface area is 139 Å². The molecule has 1 aromatic heterocycles. The number of aromatic nitrogens is 3. The number of rotatable bonds is 3. The second-order valence-corrected chi connectivity index (χ2v) is 6.85. The van der Waals surface area contributed by atoms with E-state index in [1.54, 1.807) is 16.8 Å². The van der Waals surface area contributed by atoms with Crippen molar-refractivity contribution in [3.8, 4) is 5.69 Å². The van der Waals surface area contributed by atoms with E-state index < -0.39 is 0 Å². The maximum Gasteiger partial charge on any atom is 0.0972 e. The highest BCUT2D eigenvalue weighted by Crippen LogP contribution is 2.25. The molecule has 1 fully saturated rings. The van der Waals surface area contributed by atoms with E-state index in [4.69, 9.17) is 27.9 Å². The molecule has 0 unspecified atom stereocenters. The Morgan fingerprint density at radius 3 is 2.82 bits per heavy atom. The predicted molar refractivity (Wildman–Crippen MR) is 86.7 cm³/mol. The smallest absolute Gasteiger partial charge is 0.0972 e. The third kappa shape index (κ3) is 3.27. The van der Waals surface area contributed by atoms with Gasteiger partial charge in [0, 0.05) is 18.6 Å². The van der Waals surface area contributed by atoms with Gasteiger partial charge in [0.25, 0.3) is 0 Å². The lowest BCUT2D eigenvalue weighted by molar-refractivity contribution is -0.0558. The van der Waals surface area contributed by atoms with Gasteiger partial charge < -0.3 is 4.74 Å². The monoisotopic (exact) mass is 340 g/mol. The molecule has 0 spiro atoms. The van der Waals surface area contributed by atoms with Crippen LogP contribution in [0.1, 0.15) is 19.5 Å².